The molecule has 0 atom stereocenters. The molecule has 4 aromatic rings. The second-order valence-corrected chi connectivity index (χ2v) is 16.7. The number of hydrogen-bond acceptors (Lipinski definition) is 6. The van der Waals surface area contributed by atoms with Crippen LogP contribution in [0.3, 0.4) is 0 Å². The Morgan fingerprint density at radius 2 is 1.47 bits per heavy atom. The number of rotatable bonds is 15. The summed E-state index contributed by atoms with van der Waals surface area (Å²) < 4.78 is 122. The second kappa shape index (κ2) is 16.7. The predicted molar refractivity (Wildman–Crippen MR) is 195 cm³/mol. The highest BCUT2D eigenvalue weighted by molar-refractivity contribution is 7.89. The van der Waals surface area contributed by atoms with E-state index in [0.29, 0.717) is 23.6 Å². The number of sulfonamides is 1. The Morgan fingerprint density at radius 1 is 0.836 bits per heavy atom. The molecule has 55 heavy (non-hydrogen) atoms. The van der Waals surface area contributed by atoms with Crippen molar-refractivity contribution in [1.82, 2.24) is 9.21 Å². The van der Waals surface area contributed by atoms with E-state index in [1.807, 2.05) is 51.9 Å². The van der Waals surface area contributed by atoms with Crippen molar-refractivity contribution in [3.05, 3.63) is 123 Å². The zero-order chi connectivity index (χ0) is 40.4. The monoisotopic (exact) mass is 791 g/mol. The van der Waals surface area contributed by atoms with Crippen LogP contribution in [0.15, 0.2) is 65.6 Å². The van der Waals surface area contributed by atoms with Gasteiger partial charge < -0.3 is 19.6 Å². The smallest absolute Gasteiger partial charge is 0.249 e. The van der Waals surface area contributed by atoms with Crippen LogP contribution < -0.4 is 9.64 Å². The molecular formula is C40H43F6N3O5S. The molecule has 1 N–H and O–H groups in total. The zero-order valence-corrected chi connectivity index (χ0v) is 31.9. The topological polar surface area (TPSA) is 90.4 Å². The molecular weight excluding hydrogens is 749 g/mol. The number of carbonyl (C=O) groups is 1. The minimum atomic E-state index is -5.75. The molecule has 0 aliphatic heterocycles. The van der Waals surface area contributed by atoms with Gasteiger partial charge in [0, 0.05) is 18.7 Å². The lowest BCUT2D eigenvalue weighted by Gasteiger charge is -2.30. The second-order valence-electron chi connectivity index (χ2n) is 14.8. The fraction of sp³-hybridized carbons (Fsp3) is 0.375. The van der Waals surface area contributed by atoms with Crippen LogP contribution in [0.5, 0.6) is 5.75 Å². The van der Waals surface area contributed by atoms with Gasteiger partial charge in [-0.1, -0.05) is 63.2 Å². The minimum Gasteiger partial charge on any atom is -0.490 e. The molecule has 0 unspecified atom stereocenters. The molecule has 4 aromatic carbocycles. The van der Waals surface area contributed by atoms with Gasteiger partial charge >= 0.3 is 0 Å². The molecule has 0 saturated heterocycles. The highest BCUT2D eigenvalue weighted by atomic mass is 32.2. The Bertz CT molecular complexity index is 2140. The van der Waals surface area contributed by atoms with E-state index in [1.54, 1.807) is 0 Å². The maximum atomic E-state index is 15.1. The Kier molecular flexibility index (Phi) is 12.7. The van der Waals surface area contributed by atoms with Crippen LogP contribution in [0.25, 0.3) is 0 Å². The van der Waals surface area contributed by atoms with Gasteiger partial charge in [0.1, 0.15) is 18.2 Å². The summed E-state index contributed by atoms with van der Waals surface area (Å²) in [5.74, 6) is -14.4. The highest BCUT2D eigenvalue weighted by Crippen LogP contribution is 2.42. The first-order chi connectivity index (χ1) is 25.8. The van der Waals surface area contributed by atoms with Crippen LogP contribution in [0.4, 0.5) is 32.0 Å². The summed E-state index contributed by atoms with van der Waals surface area (Å²) in [4.78, 5) is 15.5. The number of hydrogen-bond donors (Lipinski definition) is 1. The molecule has 15 heteroatoms. The van der Waals surface area contributed by atoms with Gasteiger partial charge in [-0.25, -0.2) is 34.8 Å². The van der Waals surface area contributed by atoms with E-state index in [1.165, 1.54) is 35.2 Å². The number of halogens is 6. The molecule has 0 bridgehead atoms. The Balaban J connectivity index is 1.67. The number of amides is 1. The maximum Gasteiger partial charge on any atom is 0.249 e. The third kappa shape index (κ3) is 9.51. The fourth-order valence-electron chi connectivity index (χ4n) is 5.94. The quantitative estimate of drug-likeness (QED) is 0.0761. The van der Waals surface area contributed by atoms with Crippen molar-refractivity contribution >= 4 is 21.6 Å². The van der Waals surface area contributed by atoms with Crippen molar-refractivity contribution in [3.63, 3.8) is 0 Å². The van der Waals surface area contributed by atoms with Crippen LogP contribution in [0.2, 0.25) is 0 Å². The molecule has 1 fully saturated rings. The first-order valence-corrected chi connectivity index (χ1v) is 19.0. The number of nitrogens with zero attached hydrogens (tertiary/aromatic N) is 3. The lowest BCUT2D eigenvalue weighted by molar-refractivity contribution is -0.119. The van der Waals surface area contributed by atoms with Crippen molar-refractivity contribution in [2.45, 2.75) is 69.5 Å². The number of likely N-dealkylation sites (N-methyl/N-ethyl adjacent to an activating group) is 1. The Labute approximate surface area is 317 Å². The number of aliphatic hydroxyl groups is 1. The minimum absolute atomic E-state index is 0.134. The van der Waals surface area contributed by atoms with E-state index in [4.69, 9.17) is 4.74 Å². The number of ether oxygens (including phenoxy) is 1. The molecule has 1 aliphatic carbocycles. The molecule has 0 spiro atoms. The van der Waals surface area contributed by atoms with Crippen LogP contribution in [-0.4, -0.2) is 62.4 Å². The van der Waals surface area contributed by atoms with Gasteiger partial charge in [0.15, 0.2) is 28.2 Å². The third-order valence-corrected chi connectivity index (χ3v) is 11.1. The van der Waals surface area contributed by atoms with Gasteiger partial charge in [-0.05, 0) is 78.7 Å². The van der Waals surface area contributed by atoms with E-state index in [-0.39, 0.29) is 46.5 Å². The SMILES string of the molecule is CN(C)CCOc1cc(CO)ccc1N(Cc1cc(C2CC2)cc(C(C)(C)C)c1)C(=O)CN(Cc1ccccc1F)S(=O)(=O)c1c(F)c(F)c(F)c(F)c1F. The standard InChI is InChI=1S/C40H43F6N3O5S/c1-40(2,3)29-17-25(16-28(19-29)26-11-12-26)20-49(31-13-10-24(23-50)18-32(31)54-15-14-47(4)5)33(51)22-48(21-27-8-6-7-9-30(27)41)55(52,53)39-37(45)35(43)34(42)36(44)38(39)46/h6-10,13,16-19,26,50H,11-12,14-15,20-23H2,1-5H3. The van der Waals surface area contributed by atoms with Gasteiger partial charge in [0.25, 0.3) is 0 Å². The largest absolute Gasteiger partial charge is 0.490 e. The van der Waals surface area contributed by atoms with E-state index in [2.05, 4.69) is 6.07 Å². The first kappa shape index (κ1) is 41.7. The van der Waals surface area contributed by atoms with Gasteiger partial charge in [-0.2, -0.15) is 4.31 Å². The molecule has 1 aliphatic rings. The van der Waals surface area contributed by atoms with Crippen LogP contribution >= 0.6 is 0 Å². The molecule has 0 radical (unpaired) electrons. The van der Waals surface area contributed by atoms with Crippen molar-refractivity contribution < 1.29 is 49.4 Å². The highest BCUT2D eigenvalue weighted by Gasteiger charge is 2.39. The lowest BCUT2D eigenvalue weighted by atomic mass is 9.84. The van der Waals surface area contributed by atoms with Crippen LogP contribution in [-0.2, 0) is 39.9 Å². The van der Waals surface area contributed by atoms with Gasteiger partial charge in [-0.3, -0.25) is 4.79 Å². The first-order valence-electron chi connectivity index (χ1n) is 17.5. The van der Waals surface area contributed by atoms with Crippen molar-refractivity contribution in [3.8, 4) is 5.75 Å². The maximum absolute atomic E-state index is 15.1. The summed E-state index contributed by atoms with van der Waals surface area (Å²) in [6.07, 6.45) is 1.95. The van der Waals surface area contributed by atoms with E-state index < -0.39 is 68.8 Å². The summed E-state index contributed by atoms with van der Waals surface area (Å²) >= 11 is 0. The lowest BCUT2D eigenvalue weighted by Crippen LogP contribution is -2.43. The van der Waals surface area contributed by atoms with Gasteiger partial charge in [0.2, 0.25) is 21.7 Å². The molecule has 0 aromatic heterocycles. The van der Waals surface area contributed by atoms with Crippen molar-refractivity contribution in [2.75, 3.05) is 38.7 Å². The van der Waals surface area contributed by atoms with E-state index >= 15 is 8.78 Å². The normalized spacial score (nSPS) is 13.5. The predicted octanol–water partition coefficient (Wildman–Crippen LogP) is 7.55. The van der Waals surface area contributed by atoms with E-state index in [9.17, 15) is 35.9 Å². The Morgan fingerprint density at radius 3 is 2.05 bits per heavy atom. The number of anilines is 1. The number of aliphatic hydroxyl groups excluding tert-OH is 1. The molecule has 8 nitrogen and oxygen atoms in total. The van der Waals surface area contributed by atoms with E-state index in [0.717, 1.165) is 36.1 Å². The average molecular weight is 792 g/mol. The molecule has 296 valence electrons. The summed E-state index contributed by atoms with van der Waals surface area (Å²) in [7, 11) is -2.11. The Hall–Kier alpha value is -4.44. The fourth-order valence-corrected chi connectivity index (χ4v) is 7.42. The summed E-state index contributed by atoms with van der Waals surface area (Å²) in [6.45, 7) is 3.86. The number of carbonyl (C=O) groups excluding carboxylic acids is 1. The van der Waals surface area contributed by atoms with Crippen molar-refractivity contribution in [2.24, 2.45) is 0 Å². The van der Waals surface area contributed by atoms with Crippen LogP contribution in [0, 0.1) is 34.9 Å². The van der Waals surface area contributed by atoms with Crippen LogP contribution in [0.1, 0.15) is 67.3 Å². The molecule has 0 heterocycles. The zero-order valence-electron chi connectivity index (χ0n) is 31.1. The molecule has 5 rings (SSSR count). The van der Waals surface area contributed by atoms with Gasteiger partial charge in [-0.15, -0.1) is 0 Å². The summed E-state index contributed by atoms with van der Waals surface area (Å²) in [5.41, 5.74) is 2.57. The van der Waals surface area contributed by atoms with Gasteiger partial charge in [0.05, 0.1) is 25.4 Å². The molecule has 1 saturated carbocycles. The third-order valence-electron chi connectivity index (χ3n) is 9.25. The van der Waals surface area contributed by atoms with Crippen molar-refractivity contribution in [1.29, 1.82) is 0 Å². The summed E-state index contributed by atoms with van der Waals surface area (Å²) in [6, 6.07) is 15.2. The number of benzene rings is 4. The molecule has 1 amide bonds. The average Bonchev–Trinajstić information content (AvgIpc) is 3.98. The summed E-state index contributed by atoms with van der Waals surface area (Å²) in [5, 5.41) is 9.94.